The number of aromatic nitrogens is 5. The Morgan fingerprint density at radius 3 is 2.68 bits per heavy atom. The summed E-state index contributed by atoms with van der Waals surface area (Å²) in [7, 11) is 0. The SMILES string of the molecule is C[C@@H](c1nc2ccc(C(=O)O)nc2n1C[C@@H]1CCO1)N1CCC(c2cccc(OCc3cccc4cc(F)cnc34)n2)CC1. The van der Waals surface area contributed by atoms with Crippen molar-refractivity contribution in [2.24, 2.45) is 0 Å². The highest BCUT2D eigenvalue weighted by Crippen LogP contribution is 2.33. The predicted octanol–water partition coefficient (Wildman–Crippen LogP) is 5.52. The third kappa shape index (κ3) is 5.60. The summed E-state index contributed by atoms with van der Waals surface area (Å²) in [6, 6.07) is 16.3. The highest BCUT2D eigenvalue weighted by atomic mass is 19.1. The van der Waals surface area contributed by atoms with Crippen LogP contribution >= 0.6 is 0 Å². The fourth-order valence-corrected chi connectivity index (χ4v) is 6.22. The number of pyridine rings is 3. The molecule has 0 bridgehead atoms. The first kappa shape index (κ1) is 28.3. The number of halogens is 1. The average molecular weight is 597 g/mol. The van der Waals surface area contributed by atoms with Crippen molar-refractivity contribution < 1.29 is 23.8 Å². The van der Waals surface area contributed by atoms with Crippen LogP contribution in [0.25, 0.3) is 22.1 Å². The van der Waals surface area contributed by atoms with E-state index in [0.29, 0.717) is 29.5 Å². The maximum absolute atomic E-state index is 13.6. The van der Waals surface area contributed by atoms with Gasteiger partial charge in [0, 0.05) is 35.2 Å². The van der Waals surface area contributed by atoms with Crippen LogP contribution < -0.4 is 4.74 Å². The molecule has 0 aliphatic carbocycles. The first-order valence-electron chi connectivity index (χ1n) is 15.0. The highest BCUT2D eigenvalue weighted by molar-refractivity contribution is 5.88. The molecule has 2 aliphatic heterocycles. The largest absolute Gasteiger partial charge is 0.477 e. The van der Waals surface area contributed by atoms with Crippen LogP contribution in [0.2, 0.25) is 0 Å². The molecule has 2 fully saturated rings. The van der Waals surface area contributed by atoms with Gasteiger partial charge in [0.05, 0.1) is 30.4 Å². The Balaban J connectivity index is 1.03. The average Bonchev–Trinajstić information content (AvgIpc) is 3.39. The first-order valence-corrected chi connectivity index (χ1v) is 15.0. The Morgan fingerprint density at radius 2 is 1.91 bits per heavy atom. The number of carbonyl (C=O) groups is 1. The Hall–Kier alpha value is -4.48. The minimum atomic E-state index is -1.05. The van der Waals surface area contributed by atoms with E-state index in [1.165, 1.54) is 18.3 Å². The summed E-state index contributed by atoms with van der Waals surface area (Å²) < 4.78 is 27.4. The lowest BCUT2D eigenvalue weighted by Gasteiger charge is -2.36. The van der Waals surface area contributed by atoms with E-state index in [4.69, 9.17) is 19.4 Å². The number of imidazole rings is 1. The third-order valence-corrected chi connectivity index (χ3v) is 8.77. The number of para-hydroxylation sites is 1. The second kappa shape index (κ2) is 11.9. The Kier molecular flexibility index (Phi) is 7.65. The van der Waals surface area contributed by atoms with Crippen LogP contribution in [0, 0.1) is 5.82 Å². The van der Waals surface area contributed by atoms with Crippen molar-refractivity contribution in [2.45, 2.75) is 57.4 Å². The molecular weight excluding hydrogens is 563 g/mol. The van der Waals surface area contributed by atoms with Crippen molar-refractivity contribution in [3.63, 3.8) is 0 Å². The zero-order valence-electron chi connectivity index (χ0n) is 24.4. The van der Waals surface area contributed by atoms with E-state index in [9.17, 15) is 14.3 Å². The molecule has 0 saturated carbocycles. The number of hydrogen-bond donors (Lipinski definition) is 1. The summed E-state index contributed by atoms with van der Waals surface area (Å²) in [5, 5.41) is 10.2. The standard InChI is InChI=1S/C33H33FN6O4/c1-20(31-37-27-8-9-28(33(41)42)38-32(27)40(31)18-25-12-15-43-25)39-13-10-21(11-14-39)26-6-3-7-29(36-26)44-19-23-5-2-4-22-16-24(34)17-35-30(22)23/h2-9,16-17,20-21,25H,10-15,18-19H2,1H3,(H,41,42)/t20-,25-/m0/s1. The zero-order valence-corrected chi connectivity index (χ0v) is 24.4. The summed E-state index contributed by atoms with van der Waals surface area (Å²) in [5.41, 5.74) is 3.89. The molecule has 0 unspecified atom stereocenters. The van der Waals surface area contributed by atoms with Crippen LogP contribution in [-0.4, -0.2) is 66.3 Å². The third-order valence-electron chi connectivity index (χ3n) is 8.77. The summed E-state index contributed by atoms with van der Waals surface area (Å²) >= 11 is 0. The van der Waals surface area contributed by atoms with Gasteiger partial charge in [0.15, 0.2) is 11.3 Å². The summed E-state index contributed by atoms with van der Waals surface area (Å²) in [5.74, 6) is 0.312. The van der Waals surface area contributed by atoms with Gasteiger partial charge in [0.25, 0.3) is 0 Å². The van der Waals surface area contributed by atoms with Crippen LogP contribution in [0.1, 0.15) is 65.7 Å². The minimum absolute atomic E-state index is 0.0103. The topological polar surface area (TPSA) is 115 Å². The second-order valence-corrected chi connectivity index (χ2v) is 11.5. The number of nitrogens with zero attached hydrogens (tertiary/aromatic N) is 6. The number of benzene rings is 1. The van der Waals surface area contributed by atoms with Crippen molar-refractivity contribution in [3.8, 4) is 5.88 Å². The Bertz CT molecular complexity index is 1830. The van der Waals surface area contributed by atoms with Gasteiger partial charge >= 0.3 is 5.97 Å². The van der Waals surface area contributed by atoms with E-state index in [2.05, 4.69) is 27.9 Å². The number of fused-ring (bicyclic) bond motifs is 2. The van der Waals surface area contributed by atoms with Gasteiger partial charge in [0.2, 0.25) is 5.88 Å². The number of piperidine rings is 1. The van der Waals surface area contributed by atoms with Gasteiger partial charge in [-0.2, -0.15) is 0 Å². The van der Waals surface area contributed by atoms with Crippen LogP contribution in [0.3, 0.4) is 0 Å². The Labute approximate surface area is 253 Å². The van der Waals surface area contributed by atoms with E-state index in [-0.39, 0.29) is 30.3 Å². The highest BCUT2D eigenvalue weighted by Gasteiger charge is 2.30. The lowest BCUT2D eigenvalue weighted by atomic mass is 9.92. The molecule has 2 atom stereocenters. The monoisotopic (exact) mass is 596 g/mol. The molecule has 4 aromatic heterocycles. The molecule has 10 nitrogen and oxygen atoms in total. The van der Waals surface area contributed by atoms with Gasteiger partial charge in [-0.1, -0.05) is 24.3 Å². The number of rotatable bonds is 9. The molecular formula is C33H33FN6O4. The second-order valence-electron chi connectivity index (χ2n) is 11.5. The van der Waals surface area contributed by atoms with E-state index < -0.39 is 5.97 Å². The molecule has 1 N–H and O–H groups in total. The number of aromatic carboxylic acids is 1. The predicted molar refractivity (Wildman–Crippen MR) is 161 cm³/mol. The number of hydrogen-bond acceptors (Lipinski definition) is 8. The van der Waals surface area contributed by atoms with Gasteiger partial charge in [-0.25, -0.2) is 24.1 Å². The molecule has 0 amide bonds. The summed E-state index contributed by atoms with van der Waals surface area (Å²) in [4.78, 5) is 32.5. The maximum Gasteiger partial charge on any atom is 0.354 e. The molecule has 0 radical (unpaired) electrons. The molecule has 0 spiro atoms. The lowest BCUT2D eigenvalue weighted by molar-refractivity contribution is -0.0595. The van der Waals surface area contributed by atoms with E-state index in [1.54, 1.807) is 6.07 Å². The quantitative estimate of drug-likeness (QED) is 0.235. The minimum Gasteiger partial charge on any atom is -0.477 e. The van der Waals surface area contributed by atoms with E-state index in [1.807, 2.05) is 34.9 Å². The molecule has 5 aromatic rings. The van der Waals surface area contributed by atoms with Crippen molar-refractivity contribution in [1.82, 2.24) is 29.4 Å². The Morgan fingerprint density at radius 1 is 1.09 bits per heavy atom. The van der Waals surface area contributed by atoms with Gasteiger partial charge < -0.3 is 19.1 Å². The van der Waals surface area contributed by atoms with Crippen molar-refractivity contribution in [3.05, 3.63) is 89.4 Å². The lowest BCUT2D eigenvalue weighted by Crippen LogP contribution is -2.37. The molecule has 2 aliphatic rings. The van der Waals surface area contributed by atoms with Crippen LogP contribution in [0.5, 0.6) is 5.88 Å². The summed E-state index contributed by atoms with van der Waals surface area (Å²) in [6.45, 7) is 5.52. The van der Waals surface area contributed by atoms with Crippen LogP contribution in [0.4, 0.5) is 4.39 Å². The molecule has 7 rings (SSSR count). The molecule has 226 valence electrons. The molecule has 1 aromatic carbocycles. The fraction of sp³-hybridized carbons (Fsp3) is 0.364. The smallest absolute Gasteiger partial charge is 0.354 e. The number of likely N-dealkylation sites (tertiary alicyclic amines) is 1. The maximum atomic E-state index is 13.6. The normalized spacial score (nSPS) is 18.4. The van der Waals surface area contributed by atoms with Gasteiger partial charge in [-0.15, -0.1) is 0 Å². The van der Waals surface area contributed by atoms with Gasteiger partial charge in [-0.05, 0) is 63.5 Å². The number of ether oxygens (including phenoxy) is 2. The van der Waals surface area contributed by atoms with Crippen molar-refractivity contribution in [1.29, 1.82) is 0 Å². The fourth-order valence-electron chi connectivity index (χ4n) is 6.22. The van der Waals surface area contributed by atoms with E-state index >= 15 is 0 Å². The van der Waals surface area contributed by atoms with Crippen LogP contribution in [0.15, 0.2) is 60.8 Å². The number of carboxylic acid groups (broad SMARTS) is 1. The van der Waals surface area contributed by atoms with Gasteiger partial charge in [-0.3, -0.25) is 9.88 Å². The summed E-state index contributed by atoms with van der Waals surface area (Å²) in [6.07, 6.45) is 4.15. The first-order chi connectivity index (χ1) is 21.4. The number of carboxylic acids is 1. The molecule has 11 heteroatoms. The van der Waals surface area contributed by atoms with E-state index in [0.717, 1.165) is 66.9 Å². The zero-order chi connectivity index (χ0) is 30.2. The molecule has 44 heavy (non-hydrogen) atoms. The van der Waals surface area contributed by atoms with Gasteiger partial charge in [0.1, 0.15) is 23.8 Å². The molecule has 2 saturated heterocycles. The van der Waals surface area contributed by atoms with Crippen LogP contribution in [-0.2, 0) is 17.9 Å². The molecule has 6 heterocycles. The van der Waals surface area contributed by atoms with Crippen molar-refractivity contribution >= 4 is 28.0 Å². The van der Waals surface area contributed by atoms with Crippen molar-refractivity contribution in [2.75, 3.05) is 19.7 Å².